The third kappa shape index (κ3) is 3.74. The largest absolute Gasteiger partial charge is 0.350 e. The SMILES string of the molecule is CC(C)(C)NC(=O)Cn1c(CCl)nc2cc(Br)c(F)cc21. The molecular formula is C14H16BrClFN3O. The molecule has 1 amide bonds. The van der Waals surface area contributed by atoms with Crippen LogP contribution < -0.4 is 5.32 Å². The van der Waals surface area contributed by atoms with Crippen molar-refractivity contribution in [1.29, 1.82) is 0 Å². The van der Waals surface area contributed by atoms with Gasteiger partial charge in [0.15, 0.2) is 0 Å². The van der Waals surface area contributed by atoms with Crippen molar-refractivity contribution in [3.8, 4) is 0 Å². The van der Waals surface area contributed by atoms with E-state index in [9.17, 15) is 9.18 Å². The third-order valence-electron chi connectivity index (χ3n) is 2.81. The van der Waals surface area contributed by atoms with Crippen LogP contribution in [0.3, 0.4) is 0 Å². The average Bonchev–Trinajstić information content (AvgIpc) is 2.65. The molecule has 1 N–H and O–H groups in total. The lowest BCUT2D eigenvalue weighted by molar-refractivity contribution is -0.123. The van der Waals surface area contributed by atoms with E-state index in [1.165, 1.54) is 6.07 Å². The molecule has 0 atom stereocenters. The predicted octanol–water partition coefficient (Wildman–Crippen LogP) is 3.59. The van der Waals surface area contributed by atoms with Gasteiger partial charge in [0.1, 0.15) is 18.2 Å². The number of halogens is 3. The first-order valence-corrected chi connectivity index (χ1v) is 7.75. The number of carbonyl (C=O) groups is 1. The highest BCUT2D eigenvalue weighted by atomic mass is 79.9. The molecule has 0 unspecified atom stereocenters. The van der Waals surface area contributed by atoms with Crippen LogP contribution in [-0.4, -0.2) is 21.0 Å². The van der Waals surface area contributed by atoms with Crippen LogP contribution in [0, 0.1) is 5.82 Å². The van der Waals surface area contributed by atoms with Crippen molar-refractivity contribution in [1.82, 2.24) is 14.9 Å². The average molecular weight is 377 g/mol. The Hall–Kier alpha value is -1.14. The molecule has 1 heterocycles. The Morgan fingerprint density at radius 1 is 1.48 bits per heavy atom. The summed E-state index contributed by atoms with van der Waals surface area (Å²) in [6.07, 6.45) is 0. The van der Waals surface area contributed by atoms with Gasteiger partial charge in [0, 0.05) is 11.6 Å². The number of imidazole rings is 1. The molecule has 2 rings (SSSR count). The summed E-state index contributed by atoms with van der Waals surface area (Å²) in [6.45, 7) is 5.75. The zero-order valence-electron chi connectivity index (χ0n) is 12.0. The minimum absolute atomic E-state index is 0.0525. The van der Waals surface area contributed by atoms with Crippen LogP contribution >= 0.6 is 27.5 Å². The van der Waals surface area contributed by atoms with Gasteiger partial charge >= 0.3 is 0 Å². The Bertz CT molecular complexity index is 694. The molecule has 0 aliphatic carbocycles. The highest BCUT2D eigenvalue weighted by Gasteiger charge is 2.18. The second kappa shape index (κ2) is 5.93. The zero-order valence-corrected chi connectivity index (χ0v) is 14.3. The maximum Gasteiger partial charge on any atom is 0.240 e. The molecule has 114 valence electrons. The number of amides is 1. The molecule has 0 fully saturated rings. The van der Waals surface area contributed by atoms with Gasteiger partial charge in [-0.2, -0.15) is 0 Å². The Kier molecular flexibility index (Phi) is 4.58. The molecule has 0 aliphatic heterocycles. The van der Waals surface area contributed by atoms with Crippen molar-refractivity contribution in [2.45, 2.75) is 38.7 Å². The van der Waals surface area contributed by atoms with Crippen molar-refractivity contribution >= 4 is 44.5 Å². The maximum atomic E-state index is 13.7. The Balaban J connectivity index is 2.42. The van der Waals surface area contributed by atoms with Gasteiger partial charge in [-0.3, -0.25) is 4.79 Å². The summed E-state index contributed by atoms with van der Waals surface area (Å²) in [6, 6.07) is 2.94. The summed E-state index contributed by atoms with van der Waals surface area (Å²) in [7, 11) is 0. The van der Waals surface area contributed by atoms with Gasteiger partial charge in [-0.25, -0.2) is 9.37 Å². The quantitative estimate of drug-likeness (QED) is 0.832. The second-order valence-corrected chi connectivity index (χ2v) is 6.92. The summed E-state index contributed by atoms with van der Waals surface area (Å²) in [4.78, 5) is 16.4. The molecule has 1 aromatic carbocycles. The lowest BCUT2D eigenvalue weighted by atomic mass is 10.1. The van der Waals surface area contributed by atoms with Gasteiger partial charge in [0.2, 0.25) is 5.91 Å². The van der Waals surface area contributed by atoms with Crippen molar-refractivity contribution < 1.29 is 9.18 Å². The molecule has 4 nitrogen and oxygen atoms in total. The number of rotatable bonds is 3. The van der Waals surface area contributed by atoms with Crippen molar-refractivity contribution in [2.75, 3.05) is 0 Å². The van der Waals surface area contributed by atoms with Crippen LogP contribution in [0.2, 0.25) is 0 Å². The van der Waals surface area contributed by atoms with Gasteiger partial charge in [0.25, 0.3) is 0 Å². The molecule has 0 saturated heterocycles. The highest BCUT2D eigenvalue weighted by molar-refractivity contribution is 9.10. The molecule has 7 heteroatoms. The number of hydrogen-bond acceptors (Lipinski definition) is 2. The van der Waals surface area contributed by atoms with Crippen LogP contribution in [0.15, 0.2) is 16.6 Å². The van der Waals surface area contributed by atoms with Crippen molar-refractivity contribution in [2.24, 2.45) is 0 Å². The number of carbonyl (C=O) groups excluding carboxylic acids is 1. The zero-order chi connectivity index (χ0) is 15.8. The summed E-state index contributed by atoms with van der Waals surface area (Å²) in [5.41, 5.74) is 0.820. The van der Waals surface area contributed by atoms with E-state index in [1.807, 2.05) is 20.8 Å². The lowest BCUT2D eigenvalue weighted by Crippen LogP contribution is -2.42. The first-order valence-electron chi connectivity index (χ1n) is 6.42. The number of aromatic nitrogens is 2. The molecule has 1 aromatic heterocycles. The van der Waals surface area contributed by atoms with E-state index in [1.54, 1.807) is 10.6 Å². The monoisotopic (exact) mass is 375 g/mol. The molecule has 0 saturated carbocycles. The van der Waals surface area contributed by atoms with Crippen molar-refractivity contribution in [3.05, 3.63) is 28.2 Å². The van der Waals surface area contributed by atoms with Crippen LogP contribution in [0.4, 0.5) is 4.39 Å². The van der Waals surface area contributed by atoms with E-state index in [2.05, 4.69) is 26.2 Å². The molecule has 21 heavy (non-hydrogen) atoms. The Morgan fingerprint density at radius 2 is 2.14 bits per heavy atom. The van der Waals surface area contributed by atoms with E-state index in [0.717, 1.165) is 0 Å². The fourth-order valence-electron chi connectivity index (χ4n) is 2.05. The van der Waals surface area contributed by atoms with Crippen LogP contribution in [0.25, 0.3) is 11.0 Å². The van der Waals surface area contributed by atoms with E-state index < -0.39 is 5.82 Å². The molecule has 0 spiro atoms. The topological polar surface area (TPSA) is 46.9 Å². The molecule has 2 aromatic rings. The number of nitrogens with one attached hydrogen (secondary N) is 1. The highest BCUT2D eigenvalue weighted by Crippen LogP contribution is 2.24. The smallest absolute Gasteiger partial charge is 0.240 e. The minimum Gasteiger partial charge on any atom is -0.350 e. The first-order chi connectivity index (χ1) is 9.71. The number of fused-ring (bicyclic) bond motifs is 1. The van der Waals surface area contributed by atoms with Gasteiger partial charge < -0.3 is 9.88 Å². The fraction of sp³-hybridized carbons (Fsp3) is 0.429. The van der Waals surface area contributed by atoms with E-state index >= 15 is 0 Å². The molecular weight excluding hydrogens is 361 g/mol. The normalized spacial score (nSPS) is 11.9. The van der Waals surface area contributed by atoms with Gasteiger partial charge in [-0.1, -0.05) is 0 Å². The first kappa shape index (κ1) is 16.2. The standard InChI is InChI=1S/C14H16BrClFN3O/c1-14(2,3)19-13(21)7-20-11-5-9(17)8(15)4-10(11)18-12(20)6-16/h4-5H,6-7H2,1-3H3,(H,19,21). The fourth-order valence-corrected chi connectivity index (χ4v) is 2.59. The predicted molar refractivity (Wildman–Crippen MR) is 84.8 cm³/mol. The summed E-state index contributed by atoms with van der Waals surface area (Å²) in [5, 5.41) is 2.87. The van der Waals surface area contributed by atoms with Crippen molar-refractivity contribution in [3.63, 3.8) is 0 Å². The van der Waals surface area contributed by atoms with Gasteiger partial charge in [-0.05, 0) is 42.8 Å². The van der Waals surface area contributed by atoms with Gasteiger partial charge in [0.05, 0.1) is 21.4 Å². The van der Waals surface area contributed by atoms with E-state index in [-0.39, 0.29) is 23.9 Å². The van der Waals surface area contributed by atoms with Crippen LogP contribution in [0.1, 0.15) is 26.6 Å². The Morgan fingerprint density at radius 3 is 2.71 bits per heavy atom. The third-order valence-corrected chi connectivity index (χ3v) is 3.65. The van der Waals surface area contributed by atoms with Gasteiger partial charge in [-0.15, -0.1) is 11.6 Å². The number of alkyl halides is 1. The molecule has 0 bridgehead atoms. The van der Waals surface area contributed by atoms with Crippen LogP contribution in [-0.2, 0) is 17.2 Å². The lowest BCUT2D eigenvalue weighted by Gasteiger charge is -2.21. The second-order valence-electron chi connectivity index (χ2n) is 5.80. The number of nitrogens with zero attached hydrogens (tertiary/aromatic N) is 2. The maximum absolute atomic E-state index is 13.7. The number of benzene rings is 1. The van der Waals surface area contributed by atoms with E-state index in [4.69, 9.17) is 11.6 Å². The minimum atomic E-state index is -0.402. The Labute approximate surface area is 135 Å². The summed E-state index contributed by atoms with van der Waals surface area (Å²) < 4.78 is 15.7. The summed E-state index contributed by atoms with van der Waals surface area (Å²) >= 11 is 9.01. The molecule has 0 aliphatic rings. The summed E-state index contributed by atoms with van der Waals surface area (Å²) in [5.74, 6) is 0.113. The molecule has 0 radical (unpaired) electrons. The number of hydrogen-bond donors (Lipinski definition) is 1. The van der Waals surface area contributed by atoms with Crippen LogP contribution in [0.5, 0.6) is 0 Å². The van der Waals surface area contributed by atoms with E-state index in [0.29, 0.717) is 21.3 Å².